The fourth-order valence-electron chi connectivity index (χ4n) is 3.17. The molecule has 5 heteroatoms. The zero-order valence-electron chi connectivity index (χ0n) is 12.2. The first-order valence-electron chi connectivity index (χ1n) is 7.40. The maximum atomic E-state index is 6.48. The number of aromatic nitrogens is 1. The third-order valence-corrected chi connectivity index (χ3v) is 5.55. The average Bonchev–Trinajstić information content (AvgIpc) is 3.05. The summed E-state index contributed by atoms with van der Waals surface area (Å²) in [7, 11) is 0. The monoisotopic (exact) mass is 329 g/mol. The molecule has 2 aromatic rings. The number of aliphatic imine (C=N–C) groups is 1. The van der Waals surface area contributed by atoms with Gasteiger partial charge >= 0.3 is 0 Å². The quantitative estimate of drug-likeness (QED) is 0.821. The van der Waals surface area contributed by atoms with Crippen molar-refractivity contribution in [3.8, 4) is 0 Å². The molecule has 1 saturated heterocycles. The minimum absolute atomic E-state index is 0.0103. The number of amidine groups is 1. The Morgan fingerprint density at radius 1 is 1.18 bits per heavy atom. The first-order chi connectivity index (χ1) is 10.7. The van der Waals surface area contributed by atoms with E-state index in [4.69, 9.17) is 16.6 Å². The average molecular weight is 330 g/mol. The van der Waals surface area contributed by atoms with E-state index in [-0.39, 0.29) is 12.1 Å². The van der Waals surface area contributed by atoms with Crippen LogP contribution in [-0.2, 0) is 0 Å². The Bertz CT molecular complexity index is 719. The second-order valence-corrected chi connectivity index (χ2v) is 7.47. The van der Waals surface area contributed by atoms with Crippen molar-refractivity contribution in [3.05, 3.63) is 64.9 Å². The van der Waals surface area contributed by atoms with Gasteiger partial charge in [-0.05, 0) is 23.8 Å². The molecule has 4 rings (SSSR count). The van der Waals surface area contributed by atoms with Gasteiger partial charge in [0.05, 0.1) is 11.7 Å². The highest BCUT2D eigenvalue weighted by molar-refractivity contribution is 8.14. The standard InChI is InChI=1S/C17H16ClN3S/c1-11-10-21-16(12-6-2-3-7-13(12)18)15(20-17(21)22-11)14-8-4-5-9-19-14/h2-9,11,15-16H,10H2,1H3/t11-,15+,16+/m1/s1. The van der Waals surface area contributed by atoms with Crippen LogP contribution in [0.2, 0.25) is 5.02 Å². The van der Waals surface area contributed by atoms with Gasteiger partial charge in [0, 0.05) is 23.0 Å². The molecule has 1 fully saturated rings. The molecule has 22 heavy (non-hydrogen) atoms. The number of halogens is 1. The smallest absolute Gasteiger partial charge is 0.160 e. The molecular weight excluding hydrogens is 314 g/mol. The summed E-state index contributed by atoms with van der Waals surface area (Å²) in [5.74, 6) is 0. The van der Waals surface area contributed by atoms with Crippen LogP contribution in [0.1, 0.15) is 30.3 Å². The van der Waals surface area contributed by atoms with E-state index in [0.29, 0.717) is 5.25 Å². The molecule has 0 radical (unpaired) electrons. The van der Waals surface area contributed by atoms with Crippen molar-refractivity contribution < 1.29 is 0 Å². The van der Waals surface area contributed by atoms with E-state index in [1.54, 1.807) is 0 Å². The topological polar surface area (TPSA) is 28.5 Å². The predicted octanol–water partition coefficient (Wildman–Crippen LogP) is 4.32. The highest BCUT2D eigenvalue weighted by Gasteiger charge is 2.44. The van der Waals surface area contributed by atoms with Gasteiger partial charge in [0.15, 0.2) is 5.17 Å². The Labute approximate surface area is 139 Å². The van der Waals surface area contributed by atoms with E-state index in [1.807, 2.05) is 48.3 Å². The summed E-state index contributed by atoms with van der Waals surface area (Å²) in [4.78, 5) is 11.9. The Kier molecular flexibility index (Phi) is 3.59. The fraction of sp³-hybridized carbons (Fsp3) is 0.294. The first-order valence-corrected chi connectivity index (χ1v) is 8.66. The van der Waals surface area contributed by atoms with Gasteiger partial charge in [-0.25, -0.2) is 0 Å². The second-order valence-electron chi connectivity index (χ2n) is 5.66. The normalized spacial score (nSPS) is 26.9. The largest absolute Gasteiger partial charge is 0.341 e. The van der Waals surface area contributed by atoms with E-state index in [0.717, 1.165) is 28.0 Å². The molecule has 0 saturated carbocycles. The molecule has 112 valence electrons. The van der Waals surface area contributed by atoms with Gasteiger partial charge in [0.25, 0.3) is 0 Å². The van der Waals surface area contributed by atoms with Crippen LogP contribution < -0.4 is 0 Å². The van der Waals surface area contributed by atoms with Gasteiger partial charge in [0.2, 0.25) is 0 Å². The minimum Gasteiger partial charge on any atom is -0.341 e. The molecule has 0 amide bonds. The molecule has 1 aromatic heterocycles. The highest BCUT2D eigenvalue weighted by Crippen LogP contribution is 2.48. The Morgan fingerprint density at radius 3 is 2.77 bits per heavy atom. The van der Waals surface area contributed by atoms with Crippen molar-refractivity contribution >= 4 is 28.5 Å². The molecule has 0 bridgehead atoms. The van der Waals surface area contributed by atoms with Gasteiger partial charge in [-0.2, -0.15) is 0 Å². The van der Waals surface area contributed by atoms with Crippen LogP contribution in [0, 0.1) is 0 Å². The first kappa shape index (κ1) is 14.1. The van der Waals surface area contributed by atoms with E-state index in [2.05, 4.69) is 28.9 Å². The molecule has 0 unspecified atom stereocenters. The molecule has 2 aliphatic rings. The van der Waals surface area contributed by atoms with Crippen molar-refractivity contribution in [2.75, 3.05) is 6.54 Å². The lowest BCUT2D eigenvalue weighted by Crippen LogP contribution is -2.28. The lowest BCUT2D eigenvalue weighted by molar-refractivity contribution is 0.321. The summed E-state index contributed by atoms with van der Waals surface area (Å²) in [6.45, 7) is 3.24. The molecule has 0 N–H and O–H groups in total. The van der Waals surface area contributed by atoms with Gasteiger partial charge in [-0.15, -0.1) is 0 Å². The minimum atomic E-state index is 0.0103. The summed E-state index contributed by atoms with van der Waals surface area (Å²) >= 11 is 8.32. The second kappa shape index (κ2) is 5.60. The Balaban J connectivity index is 1.81. The van der Waals surface area contributed by atoms with Crippen LogP contribution in [-0.4, -0.2) is 26.8 Å². The predicted molar refractivity (Wildman–Crippen MR) is 92.4 cm³/mol. The molecule has 3 heterocycles. The summed E-state index contributed by atoms with van der Waals surface area (Å²) in [5, 5.41) is 2.48. The van der Waals surface area contributed by atoms with Crippen LogP contribution in [0.5, 0.6) is 0 Å². The number of rotatable bonds is 2. The third-order valence-electron chi connectivity index (χ3n) is 4.11. The van der Waals surface area contributed by atoms with E-state index < -0.39 is 0 Å². The molecule has 3 nitrogen and oxygen atoms in total. The number of nitrogens with zero attached hydrogens (tertiary/aromatic N) is 3. The van der Waals surface area contributed by atoms with Gasteiger partial charge in [0.1, 0.15) is 6.04 Å². The molecule has 0 aliphatic carbocycles. The van der Waals surface area contributed by atoms with Crippen molar-refractivity contribution in [3.63, 3.8) is 0 Å². The van der Waals surface area contributed by atoms with E-state index in [9.17, 15) is 0 Å². The Hall–Kier alpha value is -1.52. The Morgan fingerprint density at radius 2 is 2.00 bits per heavy atom. The summed E-state index contributed by atoms with van der Waals surface area (Å²) in [6.07, 6.45) is 1.83. The van der Waals surface area contributed by atoms with Crippen LogP contribution >= 0.6 is 23.4 Å². The van der Waals surface area contributed by atoms with Crippen LogP contribution in [0.15, 0.2) is 53.7 Å². The zero-order chi connectivity index (χ0) is 15.1. The van der Waals surface area contributed by atoms with E-state index >= 15 is 0 Å². The fourth-order valence-corrected chi connectivity index (χ4v) is 4.51. The molecule has 0 spiro atoms. The van der Waals surface area contributed by atoms with Crippen molar-refractivity contribution in [1.82, 2.24) is 9.88 Å². The van der Waals surface area contributed by atoms with E-state index in [1.165, 1.54) is 0 Å². The lowest BCUT2D eigenvalue weighted by Gasteiger charge is -2.28. The lowest BCUT2D eigenvalue weighted by atomic mass is 9.96. The molecule has 3 atom stereocenters. The molecule has 1 aromatic carbocycles. The van der Waals surface area contributed by atoms with Gasteiger partial charge in [-0.3, -0.25) is 9.98 Å². The SMILES string of the molecule is C[C@@H]1CN2C(=N[C@@H](c3ccccn3)[C@@H]2c2ccccc2Cl)S1. The zero-order valence-corrected chi connectivity index (χ0v) is 13.8. The van der Waals surface area contributed by atoms with Crippen molar-refractivity contribution in [1.29, 1.82) is 0 Å². The number of thioether (sulfide) groups is 1. The third kappa shape index (κ3) is 2.31. The van der Waals surface area contributed by atoms with Crippen molar-refractivity contribution in [2.24, 2.45) is 4.99 Å². The maximum Gasteiger partial charge on any atom is 0.160 e. The molecule has 2 aliphatic heterocycles. The van der Waals surface area contributed by atoms with Gasteiger partial charge < -0.3 is 4.90 Å². The summed E-state index contributed by atoms with van der Waals surface area (Å²) < 4.78 is 0. The maximum absolute atomic E-state index is 6.48. The number of hydrogen-bond donors (Lipinski definition) is 0. The van der Waals surface area contributed by atoms with Crippen molar-refractivity contribution in [2.45, 2.75) is 24.3 Å². The van der Waals surface area contributed by atoms with Crippen LogP contribution in [0.3, 0.4) is 0 Å². The number of hydrogen-bond acceptors (Lipinski definition) is 4. The number of benzene rings is 1. The van der Waals surface area contributed by atoms with Gasteiger partial charge in [-0.1, -0.05) is 54.6 Å². The van der Waals surface area contributed by atoms with Crippen LogP contribution in [0.4, 0.5) is 0 Å². The van der Waals surface area contributed by atoms with Crippen LogP contribution in [0.25, 0.3) is 0 Å². The highest BCUT2D eigenvalue weighted by atomic mass is 35.5. The summed E-state index contributed by atoms with van der Waals surface area (Å²) in [5.41, 5.74) is 2.14. The summed E-state index contributed by atoms with van der Waals surface area (Å²) in [6, 6.07) is 14.2. The molecular formula is C17H16ClN3S. The number of fused-ring (bicyclic) bond motifs is 1. The number of pyridine rings is 1.